The summed E-state index contributed by atoms with van der Waals surface area (Å²) in [4.78, 5) is 2.55. The van der Waals surface area contributed by atoms with E-state index in [-0.39, 0.29) is 0 Å². The second kappa shape index (κ2) is 6.29. The summed E-state index contributed by atoms with van der Waals surface area (Å²) >= 11 is 0. The summed E-state index contributed by atoms with van der Waals surface area (Å²) in [7, 11) is 0. The predicted octanol–water partition coefficient (Wildman–Crippen LogP) is 2.53. The van der Waals surface area contributed by atoms with Crippen LogP contribution >= 0.6 is 0 Å². The van der Waals surface area contributed by atoms with Gasteiger partial charge >= 0.3 is 0 Å². The molecule has 2 heterocycles. The number of hydrogen-bond acceptors (Lipinski definition) is 4. The lowest BCUT2D eigenvalue weighted by molar-refractivity contribution is -0.0607. The van der Waals surface area contributed by atoms with Gasteiger partial charge in [-0.25, -0.2) is 0 Å². The van der Waals surface area contributed by atoms with Crippen LogP contribution in [0.2, 0.25) is 0 Å². The van der Waals surface area contributed by atoms with Crippen molar-refractivity contribution >= 4 is 0 Å². The van der Waals surface area contributed by atoms with Gasteiger partial charge in [0.2, 0.25) is 0 Å². The fraction of sp³-hybridized carbons (Fsp3) is 0.750. The quantitative estimate of drug-likeness (QED) is 0.898. The predicted molar refractivity (Wildman–Crippen MR) is 78.5 cm³/mol. The molecule has 1 aromatic rings. The van der Waals surface area contributed by atoms with Crippen LogP contribution in [0.1, 0.15) is 44.4 Å². The molecule has 0 radical (unpaired) electrons. The molecule has 0 amide bonds. The molecule has 4 heteroatoms. The molecule has 1 aliphatic heterocycles. The van der Waals surface area contributed by atoms with Crippen molar-refractivity contribution in [3.05, 3.63) is 23.7 Å². The molecule has 2 fully saturated rings. The molecule has 4 nitrogen and oxygen atoms in total. The molecule has 2 atom stereocenters. The molecule has 1 aliphatic carbocycles. The van der Waals surface area contributed by atoms with E-state index in [2.05, 4.69) is 30.1 Å². The Morgan fingerprint density at radius 3 is 3.15 bits per heavy atom. The number of furan rings is 1. The third-order valence-electron chi connectivity index (χ3n) is 4.48. The molecular weight excluding hydrogens is 252 g/mol. The summed E-state index contributed by atoms with van der Waals surface area (Å²) in [6.07, 6.45) is 6.06. The van der Waals surface area contributed by atoms with Crippen molar-refractivity contribution in [2.45, 2.75) is 64.4 Å². The SMILES string of the molecule is CC(C)NCc1ccoc1CN1CCOC2CCCC21. The second-order valence-corrected chi connectivity index (χ2v) is 6.28. The van der Waals surface area contributed by atoms with Crippen molar-refractivity contribution in [2.75, 3.05) is 13.2 Å². The zero-order chi connectivity index (χ0) is 13.9. The highest BCUT2D eigenvalue weighted by atomic mass is 16.5. The molecule has 1 saturated carbocycles. The molecule has 112 valence electrons. The fourth-order valence-corrected chi connectivity index (χ4v) is 3.36. The number of nitrogens with one attached hydrogen (secondary N) is 1. The summed E-state index contributed by atoms with van der Waals surface area (Å²) in [5, 5.41) is 3.47. The van der Waals surface area contributed by atoms with Crippen LogP contribution in [0.3, 0.4) is 0 Å². The van der Waals surface area contributed by atoms with Gasteiger partial charge in [0.1, 0.15) is 5.76 Å². The molecule has 20 heavy (non-hydrogen) atoms. The van der Waals surface area contributed by atoms with Crippen molar-refractivity contribution in [1.29, 1.82) is 0 Å². The van der Waals surface area contributed by atoms with Crippen LogP contribution in [0.25, 0.3) is 0 Å². The minimum absolute atomic E-state index is 0.455. The van der Waals surface area contributed by atoms with Crippen molar-refractivity contribution < 1.29 is 9.15 Å². The normalized spacial score (nSPS) is 27.1. The van der Waals surface area contributed by atoms with E-state index in [4.69, 9.17) is 9.15 Å². The van der Waals surface area contributed by atoms with E-state index in [1.165, 1.54) is 24.8 Å². The molecule has 0 bridgehead atoms. The highest BCUT2D eigenvalue weighted by molar-refractivity contribution is 5.17. The van der Waals surface area contributed by atoms with Crippen LogP contribution in [0, 0.1) is 0 Å². The minimum Gasteiger partial charge on any atom is -0.468 e. The highest BCUT2D eigenvalue weighted by Gasteiger charge is 2.36. The van der Waals surface area contributed by atoms with Gasteiger partial charge in [-0.1, -0.05) is 13.8 Å². The first kappa shape index (κ1) is 14.1. The number of nitrogens with zero attached hydrogens (tertiary/aromatic N) is 1. The van der Waals surface area contributed by atoms with Gasteiger partial charge in [-0.3, -0.25) is 4.90 Å². The zero-order valence-corrected chi connectivity index (χ0v) is 12.6. The molecular formula is C16H26N2O2. The number of fused-ring (bicyclic) bond motifs is 1. The lowest BCUT2D eigenvalue weighted by Crippen LogP contribution is -2.47. The minimum atomic E-state index is 0.455. The van der Waals surface area contributed by atoms with Gasteiger partial charge in [-0.15, -0.1) is 0 Å². The number of ether oxygens (including phenoxy) is 1. The molecule has 0 aromatic carbocycles. The molecule has 2 unspecified atom stereocenters. The number of rotatable bonds is 5. The Labute approximate surface area is 121 Å². The third-order valence-corrected chi connectivity index (χ3v) is 4.48. The Morgan fingerprint density at radius 2 is 2.30 bits per heavy atom. The van der Waals surface area contributed by atoms with Crippen molar-refractivity contribution in [3.63, 3.8) is 0 Å². The van der Waals surface area contributed by atoms with Gasteiger partial charge in [-0.2, -0.15) is 0 Å². The Kier molecular flexibility index (Phi) is 4.44. The first-order valence-corrected chi connectivity index (χ1v) is 7.88. The summed E-state index contributed by atoms with van der Waals surface area (Å²) in [6.45, 7) is 8.05. The Morgan fingerprint density at radius 1 is 1.40 bits per heavy atom. The lowest BCUT2D eigenvalue weighted by atomic mass is 10.1. The lowest BCUT2D eigenvalue weighted by Gasteiger charge is -2.37. The first-order chi connectivity index (χ1) is 9.74. The van der Waals surface area contributed by atoms with Crippen LogP contribution in [0.4, 0.5) is 0 Å². The van der Waals surface area contributed by atoms with E-state index in [9.17, 15) is 0 Å². The first-order valence-electron chi connectivity index (χ1n) is 7.88. The molecule has 1 N–H and O–H groups in total. The van der Waals surface area contributed by atoms with Crippen LogP contribution < -0.4 is 5.32 Å². The molecule has 1 saturated heterocycles. The number of morpholine rings is 1. The maximum Gasteiger partial charge on any atom is 0.122 e. The fourth-order valence-electron chi connectivity index (χ4n) is 3.36. The molecule has 2 aliphatic rings. The smallest absolute Gasteiger partial charge is 0.122 e. The second-order valence-electron chi connectivity index (χ2n) is 6.28. The van der Waals surface area contributed by atoms with Gasteiger partial charge in [0, 0.05) is 30.7 Å². The summed E-state index contributed by atoms with van der Waals surface area (Å²) in [6, 6.07) is 3.19. The maximum absolute atomic E-state index is 5.88. The van der Waals surface area contributed by atoms with Gasteiger partial charge in [-0.05, 0) is 25.3 Å². The van der Waals surface area contributed by atoms with Crippen molar-refractivity contribution in [1.82, 2.24) is 10.2 Å². The van der Waals surface area contributed by atoms with Gasteiger partial charge < -0.3 is 14.5 Å². The van der Waals surface area contributed by atoms with E-state index in [0.29, 0.717) is 18.2 Å². The van der Waals surface area contributed by atoms with Crippen molar-refractivity contribution in [3.8, 4) is 0 Å². The Bertz CT molecular complexity index is 430. The topological polar surface area (TPSA) is 37.6 Å². The summed E-state index contributed by atoms with van der Waals surface area (Å²) in [5.41, 5.74) is 1.29. The maximum atomic E-state index is 5.88. The van der Waals surface area contributed by atoms with Gasteiger partial charge in [0.25, 0.3) is 0 Å². The Hall–Kier alpha value is -0.840. The van der Waals surface area contributed by atoms with Crippen LogP contribution in [0.5, 0.6) is 0 Å². The highest BCUT2D eigenvalue weighted by Crippen LogP contribution is 2.31. The van der Waals surface area contributed by atoms with Crippen LogP contribution in [-0.4, -0.2) is 36.2 Å². The average Bonchev–Trinajstić information content (AvgIpc) is 3.05. The van der Waals surface area contributed by atoms with E-state index < -0.39 is 0 Å². The average molecular weight is 278 g/mol. The molecule has 0 spiro atoms. The largest absolute Gasteiger partial charge is 0.468 e. The van der Waals surface area contributed by atoms with Gasteiger partial charge in [0.15, 0.2) is 0 Å². The van der Waals surface area contributed by atoms with Gasteiger partial charge in [0.05, 0.1) is 25.5 Å². The van der Waals surface area contributed by atoms with Crippen LogP contribution in [0.15, 0.2) is 16.7 Å². The Balaban J connectivity index is 1.63. The standard InChI is InChI=1S/C16H26N2O2/c1-12(2)17-10-13-6-8-19-16(13)11-18-7-9-20-15-5-3-4-14(15)18/h6,8,12,14-15,17H,3-5,7,9-11H2,1-2H3. The molecule has 1 aromatic heterocycles. The zero-order valence-electron chi connectivity index (χ0n) is 12.6. The van der Waals surface area contributed by atoms with E-state index in [1.807, 2.05) is 6.26 Å². The third kappa shape index (κ3) is 3.08. The summed E-state index contributed by atoms with van der Waals surface area (Å²) < 4.78 is 11.6. The summed E-state index contributed by atoms with van der Waals surface area (Å²) in [5.74, 6) is 1.12. The van der Waals surface area contributed by atoms with Crippen molar-refractivity contribution in [2.24, 2.45) is 0 Å². The van der Waals surface area contributed by atoms with E-state index in [1.54, 1.807) is 0 Å². The molecule has 3 rings (SSSR count). The monoisotopic (exact) mass is 278 g/mol. The number of hydrogen-bond donors (Lipinski definition) is 1. The van der Waals surface area contributed by atoms with E-state index in [0.717, 1.165) is 32.0 Å². The van der Waals surface area contributed by atoms with Crippen LogP contribution in [-0.2, 0) is 17.8 Å². The van der Waals surface area contributed by atoms with E-state index >= 15 is 0 Å².